The van der Waals surface area contributed by atoms with Gasteiger partial charge in [0.25, 0.3) is 0 Å². The van der Waals surface area contributed by atoms with Crippen LogP contribution >= 0.6 is 0 Å². The molecule has 4 nitrogen and oxygen atoms in total. The second kappa shape index (κ2) is 7.68. The molecule has 7 heteroatoms. The summed E-state index contributed by atoms with van der Waals surface area (Å²) in [4.78, 5) is 5.29. The lowest BCUT2D eigenvalue weighted by atomic mass is 9.90. The van der Waals surface area contributed by atoms with Crippen molar-refractivity contribution in [2.45, 2.75) is 31.9 Å². The summed E-state index contributed by atoms with van der Waals surface area (Å²) in [6, 6.07) is 6.07. The number of guanidine groups is 1. The highest BCUT2D eigenvalue weighted by Crippen LogP contribution is 2.27. The van der Waals surface area contributed by atoms with Gasteiger partial charge in [0.15, 0.2) is 5.96 Å². The van der Waals surface area contributed by atoms with E-state index in [1.54, 1.807) is 0 Å². The smallest absolute Gasteiger partial charge is 0.370 e. The van der Waals surface area contributed by atoms with E-state index in [0.717, 1.165) is 24.9 Å². The number of rotatable bonds is 5. The molecule has 1 aromatic rings. The highest BCUT2D eigenvalue weighted by Gasteiger charge is 2.28. The van der Waals surface area contributed by atoms with Gasteiger partial charge in [-0.15, -0.1) is 0 Å². The van der Waals surface area contributed by atoms with Crippen LogP contribution in [-0.4, -0.2) is 43.7 Å². The lowest BCUT2D eigenvalue weighted by molar-refractivity contribution is -0.142. The first-order valence-electron chi connectivity index (χ1n) is 7.78. The highest BCUT2D eigenvalue weighted by atomic mass is 19.4. The van der Waals surface area contributed by atoms with Gasteiger partial charge in [0.2, 0.25) is 0 Å². The number of alkyl halides is 3. The molecule has 0 unspecified atom stereocenters. The molecule has 0 saturated heterocycles. The Kier molecular flexibility index (Phi) is 5.87. The third-order valence-corrected chi connectivity index (χ3v) is 3.87. The molecule has 0 spiro atoms. The fraction of sp³-hybridized carbons (Fsp3) is 0.562. The van der Waals surface area contributed by atoms with E-state index in [4.69, 9.17) is 5.73 Å². The van der Waals surface area contributed by atoms with Gasteiger partial charge in [0.1, 0.15) is 0 Å². The van der Waals surface area contributed by atoms with E-state index in [1.165, 1.54) is 29.5 Å². The van der Waals surface area contributed by atoms with Crippen molar-refractivity contribution < 1.29 is 13.2 Å². The van der Waals surface area contributed by atoms with Crippen LogP contribution in [-0.2, 0) is 12.8 Å². The minimum absolute atomic E-state index is 0.203. The number of nitrogens with two attached hydrogens (primary N) is 1. The van der Waals surface area contributed by atoms with Crippen LogP contribution in [0.5, 0.6) is 0 Å². The van der Waals surface area contributed by atoms with Crippen molar-refractivity contribution in [2.24, 2.45) is 10.7 Å². The third kappa shape index (κ3) is 5.74. The van der Waals surface area contributed by atoms with Gasteiger partial charge in [-0.1, -0.05) is 12.1 Å². The van der Waals surface area contributed by atoms with E-state index in [0.29, 0.717) is 0 Å². The fourth-order valence-electron chi connectivity index (χ4n) is 2.80. The second-order valence-corrected chi connectivity index (χ2v) is 5.90. The minimum Gasteiger partial charge on any atom is -0.370 e. The first-order valence-corrected chi connectivity index (χ1v) is 7.78. The normalized spacial score (nSPS) is 15.6. The van der Waals surface area contributed by atoms with Crippen LogP contribution in [0.15, 0.2) is 23.2 Å². The zero-order valence-electron chi connectivity index (χ0n) is 13.3. The summed E-state index contributed by atoms with van der Waals surface area (Å²) in [5, 5.41) is 3.08. The Morgan fingerprint density at radius 2 is 2.04 bits per heavy atom. The number of hydrogen-bond acceptors (Lipinski definition) is 2. The fourth-order valence-corrected chi connectivity index (χ4v) is 2.80. The van der Waals surface area contributed by atoms with Crippen LogP contribution in [0.4, 0.5) is 18.9 Å². The molecule has 0 aliphatic heterocycles. The molecular weight excluding hydrogens is 305 g/mol. The van der Waals surface area contributed by atoms with Gasteiger partial charge in [0.05, 0.1) is 13.1 Å². The largest absolute Gasteiger partial charge is 0.401 e. The molecule has 0 saturated carbocycles. The first kappa shape index (κ1) is 17.6. The SMILES string of the molecule is CN(CCN=C(N)Nc1cccc2c1CCCC2)CC(F)(F)F. The first-order chi connectivity index (χ1) is 10.8. The average Bonchev–Trinajstić information content (AvgIpc) is 2.45. The maximum atomic E-state index is 12.2. The van der Waals surface area contributed by atoms with Crippen LogP contribution < -0.4 is 11.1 Å². The summed E-state index contributed by atoms with van der Waals surface area (Å²) in [6.45, 7) is -0.517. The molecule has 0 bridgehead atoms. The van der Waals surface area contributed by atoms with Gasteiger partial charge in [-0.2, -0.15) is 13.2 Å². The Morgan fingerprint density at radius 3 is 2.78 bits per heavy atom. The molecule has 0 fully saturated rings. The number of halogens is 3. The Labute approximate surface area is 134 Å². The van der Waals surface area contributed by atoms with Crippen molar-refractivity contribution in [3.05, 3.63) is 29.3 Å². The van der Waals surface area contributed by atoms with Gasteiger partial charge in [0, 0.05) is 12.2 Å². The van der Waals surface area contributed by atoms with Crippen LogP contribution in [0, 0.1) is 0 Å². The summed E-state index contributed by atoms with van der Waals surface area (Å²) in [7, 11) is 1.42. The zero-order valence-corrected chi connectivity index (χ0v) is 13.3. The second-order valence-electron chi connectivity index (χ2n) is 5.90. The summed E-state index contributed by atoms with van der Waals surface area (Å²) in [5.41, 5.74) is 9.40. The monoisotopic (exact) mass is 328 g/mol. The van der Waals surface area contributed by atoms with Crippen molar-refractivity contribution >= 4 is 11.6 Å². The Hall–Kier alpha value is -1.76. The molecule has 0 aromatic heterocycles. The maximum Gasteiger partial charge on any atom is 0.401 e. The van der Waals surface area contributed by atoms with Gasteiger partial charge in [-0.25, -0.2) is 0 Å². The van der Waals surface area contributed by atoms with Crippen molar-refractivity contribution in [3.8, 4) is 0 Å². The predicted molar refractivity (Wildman–Crippen MR) is 86.7 cm³/mol. The van der Waals surface area contributed by atoms with Crippen molar-refractivity contribution in [1.82, 2.24) is 4.90 Å². The Bertz CT molecular complexity index is 555. The van der Waals surface area contributed by atoms with Crippen molar-refractivity contribution in [2.75, 3.05) is 32.0 Å². The van der Waals surface area contributed by atoms with E-state index in [9.17, 15) is 13.2 Å². The van der Waals surface area contributed by atoms with Crippen molar-refractivity contribution in [3.63, 3.8) is 0 Å². The molecule has 0 heterocycles. The lowest BCUT2D eigenvalue weighted by Crippen LogP contribution is -2.33. The van der Waals surface area contributed by atoms with E-state index < -0.39 is 12.7 Å². The van der Waals surface area contributed by atoms with Gasteiger partial charge < -0.3 is 11.1 Å². The number of benzene rings is 1. The molecule has 0 radical (unpaired) electrons. The topological polar surface area (TPSA) is 53.6 Å². The molecular formula is C16H23F3N4. The molecule has 1 aliphatic rings. The standard InChI is InChI=1S/C16H23F3N4/c1-23(11-16(17,18)19)10-9-21-15(20)22-14-8-4-6-12-5-2-3-7-13(12)14/h4,6,8H,2-3,5,7,9-11H2,1H3,(H3,20,21,22). The van der Waals surface area contributed by atoms with Crippen LogP contribution in [0.25, 0.3) is 0 Å². The number of likely N-dealkylation sites (N-methyl/N-ethyl adjacent to an activating group) is 1. The molecule has 23 heavy (non-hydrogen) atoms. The molecule has 0 amide bonds. The third-order valence-electron chi connectivity index (χ3n) is 3.87. The van der Waals surface area contributed by atoms with E-state index in [2.05, 4.69) is 16.4 Å². The van der Waals surface area contributed by atoms with E-state index >= 15 is 0 Å². The van der Waals surface area contributed by atoms with E-state index in [1.807, 2.05) is 12.1 Å². The minimum atomic E-state index is -4.19. The predicted octanol–water partition coefficient (Wildman–Crippen LogP) is 2.79. The number of nitrogens with one attached hydrogen (secondary N) is 1. The molecule has 1 aliphatic carbocycles. The molecule has 3 N–H and O–H groups in total. The van der Waals surface area contributed by atoms with Gasteiger partial charge in [-0.05, 0) is 49.9 Å². The van der Waals surface area contributed by atoms with Gasteiger partial charge in [-0.3, -0.25) is 9.89 Å². The van der Waals surface area contributed by atoms with Crippen LogP contribution in [0.2, 0.25) is 0 Å². The van der Waals surface area contributed by atoms with Gasteiger partial charge >= 0.3 is 6.18 Å². The maximum absolute atomic E-state index is 12.2. The van der Waals surface area contributed by atoms with E-state index in [-0.39, 0.29) is 19.0 Å². The number of aryl methyl sites for hydroxylation is 1. The lowest BCUT2D eigenvalue weighted by Gasteiger charge is -2.20. The van der Waals surface area contributed by atoms with Crippen LogP contribution in [0.1, 0.15) is 24.0 Å². The zero-order chi connectivity index (χ0) is 16.9. The summed E-state index contributed by atoms with van der Waals surface area (Å²) >= 11 is 0. The summed E-state index contributed by atoms with van der Waals surface area (Å²) < 4.78 is 36.7. The molecule has 128 valence electrons. The Morgan fingerprint density at radius 1 is 1.30 bits per heavy atom. The summed E-state index contributed by atoms with van der Waals surface area (Å²) in [5.74, 6) is 0.240. The quantitative estimate of drug-likeness (QED) is 0.645. The number of fused-ring (bicyclic) bond motifs is 1. The molecule has 0 atom stereocenters. The Balaban J connectivity index is 1.88. The summed E-state index contributed by atoms with van der Waals surface area (Å²) in [6.07, 6.45) is 0.256. The number of hydrogen-bond donors (Lipinski definition) is 2. The van der Waals surface area contributed by atoms with Crippen LogP contribution in [0.3, 0.4) is 0 Å². The average molecular weight is 328 g/mol. The van der Waals surface area contributed by atoms with Crippen molar-refractivity contribution in [1.29, 1.82) is 0 Å². The number of anilines is 1. The highest BCUT2D eigenvalue weighted by molar-refractivity contribution is 5.93. The number of nitrogens with zero attached hydrogens (tertiary/aromatic N) is 2. The number of aliphatic imine (C=N–C) groups is 1. The molecule has 1 aromatic carbocycles. The molecule has 2 rings (SSSR count).